The maximum atomic E-state index is 12.9. The maximum Gasteiger partial charge on any atom is 0.451 e. The van der Waals surface area contributed by atoms with Crippen molar-refractivity contribution in [1.82, 2.24) is 29.3 Å². The van der Waals surface area contributed by atoms with Crippen LogP contribution in [0.4, 0.5) is 19.0 Å². The van der Waals surface area contributed by atoms with E-state index in [2.05, 4.69) is 20.2 Å². The summed E-state index contributed by atoms with van der Waals surface area (Å²) in [6.07, 6.45) is -1.16. The third kappa shape index (κ3) is 2.13. The molecule has 10 heteroatoms. The molecule has 1 aliphatic rings. The number of anilines is 1. The highest BCUT2D eigenvalue weighted by atomic mass is 19.4. The molecule has 4 heterocycles. The number of fused-ring (bicyclic) bond motifs is 2. The Labute approximate surface area is 128 Å². The topological polar surface area (TPSA) is 64.7 Å². The van der Waals surface area contributed by atoms with Crippen molar-refractivity contribution in [3.05, 3.63) is 30.2 Å². The fourth-order valence-electron chi connectivity index (χ4n) is 2.86. The molecule has 0 aromatic carbocycles. The lowest BCUT2D eigenvalue weighted by molar-refractivity contribution is -0.147. The monoisotopic (exact) mass is 323 g/mol. The fourth-order valence-corrected chi connectivity index (χ4v) is 2.86. The number of hydrogen-bond acceptors (Lipinski definition) is 5. The molecule has 7 nitrogen and oxygen atoms in total. The Kier molecular flexibility index (Phi) is 2.84. The molecule has 0 N–H and O–H groups in total. The van der Waals surface area contributed by atoms with Crippen LogP contribution >= 0.6 is 0 Å². The second-order valence-corrected chi connectivity index (χ2v) is 5.37. The predicted octanol–water partition coefficient (Wildman–Crippen LogP) is 1.60. The molecule has 0 amide bonds. The van der Waals surface area contributed by atoms with Crippen molar-refractivity contribution in [3.8, 4) is 0 Å². The second kappa shape index (κ2) is 4.67. The summed E-state index contributed by atoms with van der Waals surface area (Å²) in [6, 6.07) is 1.89. The molecule has 0 bridgehead atoms. The van der Waals surface area contributed by atoms with Crippen LogP contribution in [0.15, 0.2) is 18.6 Å². The van der Waals surface area contributed by atoms with Crippen LogP contribution in [-0.2, 0) is 26.3 Å². The van der Waals surface area contributed by atoms with Crippen molar-refractivity contribution in [2.75, 3.05) is 11.4 Å². The van der Waals surface area contributed by atoms with E-state index in [4.69, 9.17) is 0 Å². The summed E-state index contributed by atoms with van der Waals surface area (Å²) in [6.45, 7) is 0.786. The van der Waals surface area contributed by atoms with E-state index >= 15 is 0 Å². The van der Waals surface area contributed by atoms with E-state index in [1.807, 2.05) is 28.8 Å². The average molecular weight is 323 g/mol. The van der Waals surface area contributed by atoms with Crippen LogP contribution in [0.1, 0.15) is 11.6 Å². The number of alkyl halides is 3. The minimum Gasteiger partial charge on any atom is -0.347 e. The first-order chi connectivity index (χ1) is 10.9. The Morgan fingerprint density at radius 2 is 1.96 bits per heavy atom. The van der Waals surface area contributed by atoms with Gasteiger partial charge in [-0.3, -0.25) is 0 Å². The standard InChI is InChI=1S/C13H12F3N7/c1-21-3-2-8-10(21)17-7-18-11(8)22-4-5-23-9(6-22)19-20-12(23)13(14,15)16/h2-3,7H,4-6H2,1H3. The molecular formula is C13H12F3N7. The molecule has 3 aromatic heterocycles. The number of halogens is 3. The highest BCUT2D eigenvalue weighted by Crippen LogP contribution is 2.31. The van der Waals surface area contributed by atoms with Crippen molar-refractivity contribution in [3.63, 3.8) is 0 Å². The molecule has 0 radical (unpaired) electrons. The first kappa shape index (κ1) is 14.0. The van der Waals surface area contributed by atoms with Crippen molar-refractivity contribution < 1.29 is 13.2 Å². The smallest absolute Gasteiger partial charge is 0.347 e. The van der Waals surface area contributed by atoms with Gasteiger partial charge in [-0.25, -0.2) is 9.97 Å². The minimum atomic E-state index is -4.49. The van der Waals surface area contributed by atoms with E-state index < -0.39 is 12.0 Å². The Morgan fingerprint density at radius 3 is 2.74 bits per heavy atom. The third-order valence-corrected chi connectivity index (χ3v) is 3.95. The zero-order chi connectivity index (χ0) is 16.2. The maximum absolute atomic E-state index is 12.9. The summed E-state index contributed by atoms with van der Waals surface area (Å²) in [4.78, 5) is 10.4. The van der Waals surface area contributed by atoms with Crippen LogP contribution in [0.25, 0.3) is 11.0 Å². The Bertz CT molecular complexity index is 879. The molecule has 0 atom stereocenters. The van der Waals surface area contributed by atoms with Crippen LogP contribution < -0.4 is 4.90 Å². The minimum absolute atomic E-state index is 0.162. The molecule has 0 saturated heterocycles. The molecule has 23 heavy (non-hydrogen) atoms. The molecular weight excluding hydrogens is 311 g/mol. The van der Waals surface area contributed by atoms with E-state index in [1.165, 1.54) is 6.33 Å². The quantitative estimate of drug-likeness (QED) is 0.680. The second-order valence-electron chi connectivity index (χ2n) is 5.37. The van der Waals surface area contributed by atoms with Gasteiger partial charge >= 0.3 is 6.18 Å². The summed E-state index contributed by atoms with van der Waals surface area (Å²) >= 11 is 0. The van der Waals surface area contributed by atoms with E-state index in [0.717, 1.165) is 15.6 Å². The van der Waals surface area contributed by atoms with Crippen LogP contribution in [-0.4, -0.2) is 35.8 Å². The molecule has 0 saturated carbocycles. The van der Waals surface area contributed by atoms with Crippen LogP contribution in [0.2, 0.25) is 0 Å². The Morgan fingerprint density at radius 1 is 1.13 bits per heavy atom. The number of hydrogen-bond donors (Lipinski definition) is 0. The van der Waals surface area contributed by atoms with Gasteiger partial charge in [0, 0.05) is 26.3 Å². The Balaban J connectivity index is 1.72. The van der Waals surface area contributed by atoms with Gasteiger partial charge in [0.25, 0.3) is 0 Å². The van der Waals surface area contributed by atoms with Crippen LogP contribution in [0.5, 0.6) is 0 Å². The Hall–Kier alpha value is -2.65. The zero-order valence-electron chi connectivity index (χ0n) is 12.1. The molecule has 0 spiro atoms. The van der Waals surface area contributed by atoms with E-state index in [-0.39, 0.29) is 18.9 Å². The van der Waals surface area contributed by atoms with E-state index in [9.17, 15) is 13.2 Å². The van der Waals surface area contributed by atoms with Crippen molar-refractivity contribution >= 4 is 16.9 Å². The predicted molar refractivity (Wildman–Crippen MR) is 74.6 cm³/mol. The lowest BCUT2D eigenvalue weighted by Gasteiger charge is -2.29. The zero-order valence-corrected chi connectivity index (χ0v) is 12.1. The molecule has 0 unspecified atom stereocenters. The lowest BCUT2D eigenvalue weighted by Crippen LogP contribution is -2.35. The molecule has 3 aromatic rings. The number of aromatic nitrogens is 6. The van der Waals surface area contributed by atoms with Crippen molar-refractivity contribution in [2.45, 2.75) is 19.3 Å². The number of nitrogens with zero attached hydrogens (tertiary/aromatic N) is 7. The molecule has 4 rings (SSSR count). The van der Waals surface area contributed by atoms with Gasteiger partial charge in [0.2, 0.25) is 5.82 Å². The summed E-state index contributed by atoms with van der Waals surface area (Å²) in [5.74, 6) is 0.0318. The normalized spacial score (nSPS) is 15.2. The number of rotatable bonds is 1. The van der Waals surface area contributed by atoms with Crippen molar-refractivity contribution in [1.29, 1.82) is 0 Å². The molecule has 1 aliphatic heterocycles. The summed E-state index contributed by atoms with van der Waals surface area (Å²) in [7, 11) is 1.88. The molecule has 0 aliphatic carbocycles. The third-order valence-electron chi connectivity index (χ3n) is 3.95. The highest BCUT2D eigenvalue weighted by Gasteiger charge is 2.39. The summed E-state index contributed by atoms with van der Waals surface area (Å²) in [5.41, 5.74) is 0.776. The van der Waals surface area contributed by atoms with Gasteiger partial charge in [0.1, 0.15) is 17.8 Å². The van der Waals surface area contributed by atoms with Crippen LogP contribution in [0, 0.1) is 0 Å². The SMILES string of the molecule is Cn1ccc2c(N3CCn4c(nnc4C(F)(F)F)C3)ncnc21. The van der Waals surface area contributed by atoms with Gasteiger partial charge in [0.05, 0.1) is 11.9 Å². The van der Waals surface area contributed by atoms with Crippen LogP contribution in [0.3, 0.4) is 0 Å². The van der Waals surface area contributed by atoms with Gasteiger partial charge in [-0.2, -0.15) is 13.2 Å². The first-order valence-corrected chi connectivity index (χ1v) is 6.95. The summed E-state index contributed by atoms with van der Waals surface area (Å²) in [5, 5.41) is 7.84. The highest BCUT2D eigenvalue weighted by molar-refractivity contribution is 5.87. The molecule has 0 fully saturated rings. The average Bonchev–Trinajstić information content (AvgIpc) is 3.10. The number of aryl methyl sites for hydroxylation is 1. The summed E-state index contributed by atoms with van der Waals surface area (Å²) < 4.78 is 41.6. The van der Waals surface area contributed by atoms with Gasteiger partial charge in [0.15, 0.2) is 5.82 Å². The lowest BCUT2D eigenvalue weighted by atomic mass is 10.3. The van der Waals surface area contributed by atoms with Gasteiger partial charge in [-0.15, -0.1) is 10.2 Å². The van der Waals surface area contributed by atoms with Gasteiger partial charge in [-0.1, -0.05) is 0 Å². The largest absolute Gasteiger partial charge is 0.451 e. The van der Waals surface area contributed by atoms with Gasteiger partial charge < -0.3 is 14.0 Å². The van der Waals surface area contributed by atoms with E-state index in [0.29, 0.717) is 12.4 Å². The van der Waals surface area contributed by atoms with Gasteiger partial charge in [-0.05, 0) is 6.07 Å². The molecule has 120 valence electrons. The van der Waals surface area contributed by atoms with E-state index in [1.54, 1.807) is 0 Å². The first-order valence-electron chi connectivity index (χ1n) is 6.95. The fraction of sp³-hybridized carbons (Fsp3) is 0.385. The van der Waals surface area contributed by atoms with Crippen molar-refractivity contribution in [2.24, 2.45) is 7.05 Å².